The highest BCUT2D eigenvalue weighted by Gasteiger charge is 2.37. The van der Waals surface area contributed by atoms with Crippen LogP contribution in [0.25, 0.3) is 0 Å². The molecule has 0 bridgehead atoms. The van der Waals surface area contributed by atoms with Crippen LogP contribution in [-0.4, -0.2) is 40.6 Å². The minimum atomic E-state index is -0.894. The van der Waals surface area contributed by atoms with Gasteiger partial charge in [-0.05, 0) is 25.8 Å². The molecular weight excluding hydrogens is 282 g/mol. The second-order valence-electron chi connectivity index (χ2n) is 5.88. The Bertz CT molecular complexity index is 517. The summed E-state index contributed by atoms with van der Waals surface area (Å²) in [5.74, 6) is -1.09. The van der Waals surface area contributed by atoms with Gasteiger partial charge in [-0.25, -0.2) is 0 Å². The molecule has 0 saturated carbocycles. The first kappa shape index (κ1) is 16.5. The van der Waals surface area contributed by atoms with Crippen LogP contribution < -0.4 is 0 Å². The normalized spacial score (nSPS) is 24.2. The Kier molecular flexibility index (Phi) is 5.55. The molecule has 22 heavy (non-hydrogen) atoms. The Morgan fingerprint density at radius 1 is 1.27 bits per heavy atom. The molecule has 5 nitrogen and oxygen atoms in total. The topological polar surface area (TPSA) is 66.8 Å². The molecule has 2 rings (SSSR count). The predicted molar refractivity (Wildman–Crippen MR) is 82.2 cm³/mol. The van der Waals surface area contributed by atoms with Crippen LogP contribution in [-0.2, 0) is 20.9 Å². The molecule has 1 N–H and O–H groups in total. The van der Waals surface area contributed by atoms with Crippen molar-refractivity contribution >= 4 is 11.9 Å². The average Bonchev–Trinajstić information content (AvgIpc) is 2.82. The van der Waals surface area contributed by atoms with Crippen LogP contribution in [0, 0.1) is 5.92 Å². The first-order valence-corrected chi connectivity index (χ1v) is 7.67. The summed E-state index contributed by atoms with van der Waals surface area (Å²) in [5, 5.41) is 8.91. The van der Waals surface area contributed by atoms with Gasteiger partial charge in [0.25, 0.3) is 0 Å². The first-order valence-electron chi connectivity index (χ1n) is 7.67. The average molecular weight is 305 g/mol. The molecule has 0 aromatic heterocycles. The largest absolute Gasteiger partial charge is 0.481 e. The van der Waals surface area contributed by atoms with E-state index in [1.54, 1.807) is 4.90 Å². The number of rotatable bonds is 6. The van der Waals surface area contributed by atoms with E-state index in [-0.39, 0.29) is 37.0 Å². The zero-order valence-corrected chi connectivity index (χ0v) is 13.1. The summed E-state index contributed by atoms with van der Waals surface area (Å²) in [7, 11) is 0. The lowest BCUT2D eigenvalue weighted by molar-refractivity contribution is -0.140. The number of nitrogens with zero attached hydrogens (tertiary/aromatic N) is 1. The van der Waals surface area contributed by atoms with Crippen molar-refractivity contribution in [3.05, 3.63) is 35.9 Å². The van der Waals surface area contributed by atoms with Crippen molar-refractivity contribution < 1.29 is 19.4 Å². The van der Waals surface area contributed by atoms with Crippen molar-refractivity contribution in [3.63, 3.8) is 0 Å². The minimum absolute atomic E-state index is 0.0121. The maximum absolute atomic E-state index is 12.8. The predicted octanol–water partition coefficient (Wildman–Crippen LogP) is 2.30. The van der Waals surface area contributed by atoms with Gasteiger partial charge in [0.1, 0.15) is 0 Å². The van der Waals surface area contributed by atoms with E-state index in [4.69, 9.17) is 9.84 Å². The molecule has 1 aliphatic heterocycles. The third-order valence-electron chi connectivity index (χ3n) is 4.04. The van der Waals surface area contributed by atoms with Gasteiger partial charge in [-0.2, -0.15) is 0 Å². The molecule has 1 heterocycles. The Balaban J connectivity index is 2.09. The number of benzene rings is 1. The number of amides is 1. The van der Waals surface area contributed by atoms with Gasteiger partial charge in [0.2, 0.25) is 5.91 Å². The van der Waals surface area contributed by atoms with E-state index in [1.165, 1.54) is 0 Å². The Hall–Kier alpha value is -1.88. The maximum atomic E-state index is 12.8. The number of carboxylic acids is 1. The van der Waals surface area contributed by atoms with Gasteiger partial charge in [-0.3, -0.25) is 9.59 Å². The summed E-state index contributed by atoms with van der Waals surface area (Å²) in [6, 6.07) is 9.63. The van der Waals surface area contributed by atoms with Crippen LogP contribution in [0.15, 0.2) is 30.3 Å². The highest BCUT2D eigenvalue weighted by atomic mass is 16.5. The fourth-order valence-corrected chi connectivity index (χ4v) is 2.90. The van der Waals surface area contributed by atoms with E-state index in [9.17, 15) is 9.59 Å². The monoisotopic (exact) mass is 305 g/mol. The van der Waals surface area contributed by atoms with Crippen LogP contribution >= 0.6 is 0 Å². The lowest BCUT2D eigenvalue weighted by Gasteiger charge is -2.26. The fourth-order valence-electron chi connectivity index (χ4n) is 2.90. The Morgan fingerprint density at radius 2 is 1.95 bits per heavy atom. The van der Waals surface area contributed by atoms with Crippen LogP contribution in [0.5, 0.6) is 0 Å². The van der Waals surface area contributed by atoms with Crippen LogP contribution in [0.1, 0.15) is 32.3 Å². The number of ether oxygens (including phenoxy) is 1. The van der Waals surface area contributed by atoms with Crippen molar-refractivity contribution in [2.75, 3.05) is 6.54 Å². The Morgan fingerprint density at radius 3 is 2.50 bits per heavy atom. The number of carboxylic acid groups (broad SMARTS) is 1. The third-order valence-corrected chi connectivity index (χ3v) is 4.04. The quantitative estimate of drug-likeness (QED) is 0.876. The molecule has 1 fully saturated rings. The lowest BCUT2D eigenvalue weighted by Crippen LogP contribution is -2.39. The van der Waals surface area contributed by atoms with E-state index >= 15 is 0 Å². The van der Waals surface area contributed by atoms with E-state index < -0.39 is 5.97 Å². The third kappa shape index (κ3) is 4.31. The fraction of sp³-hybridized carbons (Fsp3) is 0.529. The molecular formula is C17H23NO4. The van der Waals surface area contributed by atoms with Crippen molar-refractivity contribution in [3.8, 4) is 0 Å². The lowest BCUT2D eigenvalue weighted by atomic mass is 9.98. The number of hydrogen-bond acceptors (Lipinski definition) is 3. The smallest absolute Gasteiger partial charge is 0.305 e. The van der Waals surface area contributed by atoms with Gasteiger partial charge in [-0.1, -0.05) is 30.3 Å². The molecule has 1 amide bonds. The van der Waals surface area contributed by atoms with Crippen LogP contribution in [0.4, 0.5) is 0 Å². The summed E-state index contributed by atoms with van der Waals surface area (Å²) < 4.78 is 5.66. The summed E-state index contributed by atoms with van der Waals surface area (Å²) in [6.45, 7) is 4.53. The molecule has 0 radical (unpaired) electrons. The van der Waals surface area contributed by atoms with E-state index in [0.29, 0.717) is 13.0 Å². The molecule has 3 unspecified atom stereocenters. The SMILES string of the molecule is CC1CC(C(=O)N(CCC(=O)O)Cc2ccccc2)C(C)O1. The zero-order valence-electron chi connectivity index (χ0n) is 13.1. The van der Waals surface area contributed by atoms with Crippen molar-refractivity contribution in [2.24, 2.45) is 5.92 Å². The Labute approximate surface area is 130 Å². The van der Waals surface area contributed by atoms with Crippen LogP contribution in [0.3, 0.4) is 0 Å². The first-order chi connectivity index (χ1) is 10.5. The molecule has 1 saturated heterocycles. The van der Waals surface area contributed by atoms with Crippen molar-refractivity contribution in [1.29, 1.82) is 0 Å². The molecule has 5 heteroatoms. The zero-order chi connectivity index (χ0) is 16.1. The van der Waals surface area contributed by atoms with Gasteiger partial charge in [-0.15, -0.1) is 0 Å². The molecule has 120 valence electrons. The molecule has 1 aliphatic rings. The number of aliphatic carboxylic acids is 1. The molecule has 0 aliphatic carbocycles. The second kappa shape index (κ2) is 7.40. The molecule has 0 spiro atoms. The van der Waals surface area contributed by atoms with Gasteiger partial charge >= 0.3 is 5.97 Å². The van der Waals surface area contributed by atoms with E-state index in [1.807, 2.05) is 44.2 Å². The highest BCUT2D eigenvalue weighted by molar-refractivity contribution is 5.80. The summed E-state index contributed by atoms with van der Waals surface area (Å²) in [6.07, 6.45) is 0.599. The second-order valence-corrected chi connectivity index (χ2v) is 5.88. The maximum Gasteiger partial charge on any atom is 0.305 e. The van der Waals surface area contributed by atoms with Gasteiger partial charge in [0, 0.05) is 13.1 Å². The van der Waals surface area contributed by atoms with E-state index in [0.717, 1.165) is 5.56 Å². The standard InChI is InChI=1S/C17H23NO4/c1-12-10-15(13(2)22-12)17(21)18(9-8-16(19)20)11-14-6-4-3-5-7-14/h3-7,12-13,15H,8-11H2,1-2H3,(H,19,20). The summed E-state index contributed by atoms with van der Waals surface area (Å²) in [5.41, 5.74) is 1.00. The highest BCUT2D eigenvalue weighted by Crippen LogP contribution is 2.28. The van der Waals surface area contributed by atoms with Gasteiger partial charge in [0.05, 0.1) is 24.5 Å². The minimum Gasteiger partial charge on any atom is -0.481 e. The van der Waals surface area contributed by atoms with Crippen molar-refractivity contribution in [2.45, 2.75) is 45.4 Å². The summed E-state index contributed by atoms with van der Waals surface area (Å²) in [4.78, 5) is 25.3. The van der Waals surface area contributed by atoms with Gasteiger partial charge in [0.15, 0.2) is 0 Å². The summed E-state index contributed by atoms with van der Waals surface area (Å²) >= 11 is 0. The number of carbonyl (C=O) groups excluding carboxylic acids is 1. The van der Waals surface area contributed by atoms with Crippen LogP contribution in [0.2, 0.25) is 0 Å². The number of hydrogen-bond donors (Lipinski definition) is 1. The molecule has 3 atom stereocenters. The molecule has 1 aromatic rings. The van der Waals surface area contributed by atoms with Crippen molar-refractivity contribution in [1.82, 2.24) is 4.90 Å². The van der Waals surface area contributed by atoms with Gasteiger partial charge < -0.3 is 14.7 Å². The van der Waals surface area contributed by atoms with E-state index in [2.05, 4.69) is 0 Å². The number of carbonyl (C=O) groups is 2. The molecule has 1 aromatic carbocycles.